The van der Waals surface area contributed by atoms with Crippen LogP contribution in [0.4, 0.5) is 0 Å². The van der Waals surface area contributed by atoms with Gasteiger partial charge in [0.2, 0.25) is 0 Å². The fraction of sp³-hybridized carbons (Fsp3) is 0.703. The van der Waals surface area contributed by atoms with Gasteiger partial charge in [-0.2, -0.15) is 0 Å². The highest BCUT2D eigenvalue weighted by molar-refractivity contribution is 5.71. The first-order chi connectivity index (χ1) is 34.5. The summed E-state index contributed by atoms with van der Waals surface area (Å²) in [7, 11) is 0. The molecule has 1 unspecified atom stereocenters. The quantitative estimate of drug-likeness (QED) is 0.0262. The number of allylic oxidation sites excluding steroid dienone is 16. The van der Waals surface area contributed by atoms with E-state index in [1.54, 1.807) is 0 Å². The molecule has 0 saturated heterocycles. The molecule has 0 saturated carbocycles. The van der Waals surface area contributed by atoms with Crippen molar-refractivity contribution in [3.63, 3.8) is 0 Å². The molecule has 0 aliphatic heterocycles. The van der Waals surface area contributed by atoms with Gasteiger partial charge in [0.05, 0.1) is 0 Å². The largest absolute Gasteiger partial charge is 0.462 e. The van der Waals surface area contributed by atoms with Crippen LogP contribution in [0, 0.1) is 0 Å². The van der Waals surface area contributed by atoms with E-state index in [4.69, 9.17) is 14.2 Å². The standard InChI is InChI=1S/C64H108O6/c1-4-7-10-13-16-18-20-22-24-26-28-29-30-31-32-33-34-35-37-38-40-42-44-46-48-51-54-57-63(66)69-60-61(59-68-62(65)56-53-50-15-12-9-6-3)70-64(67)58-55-52-49-47-45-43-41-39-36-27-25-23-21-19-17-14-11-8-5-2/h7,10,16,18,22,24,28-29,31-32,34-35,38,40,44,46,61H,4-6,8-9,11-15,17,19-21,23,25-27,30,33,36-37,39,41-43,45,47-60H2,1-3H3/b10-7-,18-16-,24-22-,29-28-,32-31-,35-34-,40-38-,46-44-. The summed E-state index contributed by atoms with van der Waals surface area (Å²) in [6.07, 6.45) is 77.2. The molecule has 0 rings (SSSR count). The average molecular weight is 974 g/mol. The fourth-order valence-electron chi connectivity index (χ4n) is 7.99. The third kappa shape index (κ3) is 55.3. The first-order valence-electron chi connectivity index (χ1n) is 29.2. The molecular formula is C64H108O6. The van der Waals surface area contributed by atoms with Gasteiger partial charge >= 0.3 is 17.9 Å². The van der Waals surface area contributed by atoms with E-state index in [2.05, 4.69) is 118 Å². The van der Waals surface area contributed by atoms with Crippen LogP contribution in [-0.4, -0.2) is 37.2 Å². The van der Waals surface area contributed by atoms with E-state index in [1.165, 1.54) is 122 Å². The van der Waals surface area contributed by atoms with Gasteiger partial charge < -0.3 is 14.2 Å². The highest BCUT2D eigenvalue weighted by Gasteiger charge is 2.19. The highest BCUT2D eigenvalue weighted by Crippen LogP contribution is 2.16. The Labute approximate surface area is 432 Å². The topological polar surface area (TPSA) is 78.9 Å². The number of ether oxygens (including phenoxy) is 3. The predicted molar refractivity (Wildman–Crippen MR) is 302 cm³/mol. The van der Waals surface area contributed by atoms with Crippen LogP contribution in [0.5, 0.6) is 0 Å². The molecule has 6 nitrogen and oxygen atoms in total. The lowest BCUT2D eigenvalue weighted by Gasteiger charge is -2.18. The van der Waals surface area contributed by atoms with Gasteiger partial charge in [0.15, 0.2) is 6.10 Å². The van der Waals surface area contributed by atoms with Crippen LogP contribution >= 0.6 is 0 Å². The van der Waals surface area contributed by atoms with Gasteiger partial charge in [-0.05, 0) is 83.5 Å². The maximum absolute atomic E-state index is 12.8. The van der Waals surface area contributed by atoms with Crippen molar-refractivity contribution in [1.82, 2.24) is 0 Å². The fourth-order valence-corrected chi connectivity index (χ4v) is 7.99. The van der Waals surface area contributed by atoms with Crippen molar-refractivity contribution in [2.75, 3.05) is 13.2 Å². The zero-order valence-electron chi connectivity index (χ0n) is 45.8. The molecule has 1 atom stereocenters. The number of carbonyl (C=O) groups is 3. The molecule has 0 aromatic rings. The number of unbranched alkanes of at least 4 members (excludes halogenated alkanes) is 25. The number of hydrogen-bond donors (Lipinski definition) is 0. The summed E-state index contributed by atoms with van der Waals surface area (Å²) in [5.41, 5.74) is 0. The number of esters is 3. The van der Waals surface area contributed by atoms with Crippen LogP contribution in [0.2, 0.25) is 0 Å². The Morgan fingerprint density at radius 1 is 0.300 bits per heavy atom. The molecule has 0 N–H and O–H groups in total. The summed E-state index contributed by atoms with van der Waals surface area (Å²) in [5, 5.41) is 0. The zero-order chi connectivity index (χ0) is 50.7. The first kappa shape index (κ1) is 66.3. The SMILES string of the molecule is CC/C=C\C/C=C\C/C=C\C/C=C\C/C=C\C/C=C\C/C=C\C/C=C\CCCCC(=O)OCC(COC(=O)CCCCCCCC)OC(=O)CCCCCCCCCCCCCCCCCCCCC. The lowest BCUT2D eigenvalue weighted by atomic mass is 10.0. The van der Waals surface area contributed by atoms with Crippen LogP contribution in [0.15, 0.2) is 97.2 Å². The molecule has 0 bridgehead atoms. The van der Waals surface area contributed by atoms with Gasteiger partial charge in [-0.3, -0.25) is 14.4 Å². The van der Waals surface area contributed by atoms with E-state index in [0.29, 0.717) is 19.3 Å². The van der Waals surface area contributed by atoms with Crippen molar-refractivity contribution in [3.8, 4) is 0 Å². The van der Waals surface area contributed by atoms with E-state index < -0.39 is 6.10 Å². The molecule has 0 fully saturated rings. The zero-order valence-corrected chi connectivity index (χ0v) is 45.8. The number of rotatable bonds is 52. The van der Waals surface area contributed by atoms with Crippen LogP contribution < -0.4 is 0 Å². The highest BCUT2D eigenvalue weighted by atomic mass is 16.6. The van der Waals surface area contributed by atoms with Crippen molar-refractivity contribution >= 4 is 17.9 Å². The molecule has 0 radical (unpaired) electrons. The van der Waals surface area contributed by atoms with Gasteiger partial charge in [-0.15, -0.1) is 0 Å². The normalized spacial score (nSPS) is 12.8. The van der Waals surface area contributed by atoms with Crippen molar-refractivity contribution in [2.45, 2.75) is 277 Å². The van der Waals surface area contributed by atoms with Gasteiger partial charge in [0.1, 0.15) is 13.2 Å². The van der Waals surface area contributed by atoms with Crippen LogP contribution in [-0.2, 0) is 28.6 Å². The summed E-state index contributed by atoms with van der Waals surface area (Å²) < 4.78 is 16.7. The summed E-state index contributed by atoms with van der Waals surface area (Å²) in [6, 6.07) is 0. The van der Waals surface area contributed by atoms with Gasteiger partial charge in [0.25, 0.3) is 0 Å². The minimum absolute atomic E-state index is 0.0898. The monoisotopic (exact) mass is 973 g/mol. The third-order valence-electron chi connectivity index (χ3n) is 12.4. The van der Waals surface area contributed by atoms with Crippen molar-refractivity contribution < 1.29 is 28.6 Å². The lowest BCUT2D eigenvalue weighted by molar-refractivity contribution is -0.167. The summed E-state index contributed by atoms with van der Waals surface area (Å²) in [6.45, 7) is 6.44. The molecule has 0 aliphatic rings. The second-order valence-corrected chi connectivity index (χ2v) is 19.2. The van der Waals surface area contributed by atoms with Crippen LogP contribution in [0.1, 0.15) is 271 Å². The Morgan fingerprint density at radius 3 is 0.871 bits per heavy atom. The summed E-state index contributed by atoms with van der Waals surface area (Å²) in [4.78, 5) is 37.9. The minimum atomic E-state index is -0.791. The van der Waals surface area contributed by atoms with E-state index in [1.807, 2.05) is 0 Å². The van der Waals surface area contributed by atoms with E-state index in [0.717, 1.165) is 109 Å². The Kier molecular flexibility index (Phi) is 54.9. The maximum Gasteiger partial charge on any atom is 0.306 e. The Hall–Kier alpha value is -3.67. The molecule has 400 valence electrons. The van der Waals surface area contributed by atoms with Crippen molar-refractivity contribution in [3.05, 3.63) is 97.2 Å². The Morgan fingerprint density at radius 2 is 0.557 bits per heavy atom. The second kappa shape index (κ2) is 57.9. The van der Waals surface area contributed by atoms with Gasteiger partial charge in [-0.25, -0.2) is 0 Å². The van der Waals surface area contributed by atoms with Gasteiger partial charge in [0, 0.05) is 19.3 Å². The summed E-state index contributed by atoms with van der Waals surface area (Å²) >= 11 is 0. The van der Waals surface area contributed by atoms with Crippen LogP contribution in [0.25, 0.3) is 0 Å². The Balaban J connectivity index is 4.24. The molecule has 0 heterocycles. The molecule has 0 spiro atoms. The smallest absolute Gasteiger partial charge is 0.306 e. The molecule has 0 aliphatic carbocycles. The van der Waals surface area contributed by atoms with Crippen molar-refractivity contribution in [2.24, 2.45) is 0 Å². The predicted octanol–water partition coefficient (Wildman–Crippen LogP) is 19.7. The Bertz CT molecular complexity index is 1400. The molecule has 0 amide bonds. The summed E-state index contributed by atoms with van der Waals surface area (Å²) in [5.74, 6) is -0.940. The number of hydrogen-bond acceptors (Lipinski definition) is 6. The van der Waals surface area contributed by atoms with Gasteiger partial charge in [-0.1, -0.05) is 266 Å². The molecule has 0 aromatic carbocycles. The lowest BCUT2D eigenvalue weighted by Crippen LogP contribution is -2.30. The first-order valence-corrected chi connectivity index (χ1v) is 29.2. The molecular weight excluding hydrogens is 865 g/mol. The molecule has 70 heavy (non-hydrogen) atoms. The number of carbonyl (C=O) groups excluding carboxylic acids is 3. The van der Waals surface area contributed by atoms with E-state index in [-0.39, 0.29) is 31.1 Å². The maximum atomic E-state index is 12.8. The average Bonchev–Trinajstić information content (AvgIpc) is 3.36. The van der Waals surface area contributed by atoms with E-state index >= 15 is 0 Å². The van der Waals surface area contributed by atoms with Crippen molar-refractivity contribution in [1.29, 1.82) is 0 Å². The van der Waals surface area contributed by atoms with Crippen LogP contribution in [0.3, 0.4) is 0 Å². The third-order valence-corrected chi connectivity index (χ3v) is 12.4. The second-order valence-electron chi connectivity index (χ2n) is 19.2. The molecule has 0 aromatic heterocycles. The molecule has 6 heteroatoms. The van der Waals surface area contributed by atoms with E-state index in [9.17, 15) is 14.4 Å². The minimum Gasteiger partial charge on any atom is -0.462 e.